The summed E-state index contributed by atoms with van der Waals surface area (Å²) in [4.78, 5) is 28.8. The van der Waals surface area contributed by atoms with E-state index in [1.54, 1.807) is 26.0 Å². The molecule has 3 N–H and O–H groups in total. The Morgan fingerprint density at radius 3 is 2.78 bits per heavy atom. The van der Waals surface area contributed by atoms with Gasteiger partial charge in [0.25, 0.3) is 11.8 Å². The molecule has 0 radical (unpaired) electrons. The summed E-state index contributed by atoms with van der Waals surface area (Å²) in [7, 11) is -2.16. The first-order valence-electron chi connectivity index (χ1n) is 13.4. The second-order valence-corrected chi connectivity index (χ2v) is 10.8. The highest BCUT2D eigenvalue weighted by atomic mass is 19.3. The first-order chi connectivity index (χ1) is 19.4. The van der Waals surface area contributed by atoms with E-state index >= 15 is 0 Å². The van der Waals surface area contributed by atoms with Gasteiger partial charge in [0, 0.05) is 42.4 Å². The third-order valence-electron chi connectivity index (χ3n) is 7.30. The minimum absolute atomic E-state index is 0.0218. The van der Waals surface area contributed by atoms with Gasteiger partial charge in [0.1, 0.15) is 29.6 Å². The van der Waals surface area contributed by atoms with E-state index in [1.165, 1.54) is 22.1 Å². The zero-order valence-electron chi connectivity index (χ0n) is 22.9. The molecule has 2 amide bonds. The van der Waals surface area contributed by atoms with Gasteiger partial charge >= 0.3 is 13.4 Å². The number of rotatable bonds is 9. The van der Waals surface area contributed by atoms with Crippen LogP contribution < -0.4 is 5.32 Å². The second kappa shape index (κ2) is 12.6. The molecule has 0 aliphatic carbocycles. The molecule has 2 fully saturated rings. The molecule has 2 atom stereocenters. The van der Waals surface area contributed by atoms with Crippen LogP contribution in [0.25, 0.3) is 11.0 Å². The number of amides is 2. The predicted octanol–water partition coefficient (Wildman–Crippen LogP) is 2.57. The number of para-hydroxylation sites is 1. The maximum atomic E-state index is 13.8. The lowest BCUT2D eigenvalue weighted by Gasteiger charge is -2.35. The molecule has 2 saturated heterocycles. The highest BCUT2D eigenvalue weighted by molar-refractivity contribution is 6.32. The van der Waals surface area contributed by atoms with E-state index in [2.05, 4.69) is 5.32 Å². The number of nitrogens with zero attached hydrogens (tertiary/aromatic N) is 3. The Bertz CT molecular complexity index is 1330. The van der Waals surface area contributed by atoms with Gasteiger partial charge in [-0.05, 0) is 38.8 Å². The number of benzene rings is 1. The summed E-state index contributed by atoms with van der Waals surface area (Å²) < 4.78 is 43.5. The van der Waals surface area contributed by atoms with Crippen molar-refractivity contribution in [2.45, 2.75) is 63.3 Å². The number of alkyl carbamates (subject to hydrolysis) is 1. The molecule has 0 saturated carbocycles. The lowest BCUT2D eigenvalue weighted by Crippen LogP contribution is -2.48. The van der Waals surface area contributed by atoms with Crippen molar-refractivity contribution in [2.75, 3.05) is 26.2 Å². The number of hydrogen-bond donors (Lipinski definition) is 3. The fourth-order valence-corrected chi connectivity index (χ4v) is 5.19. The number of fused-ring (bicyclic) bond motifs is 1. The van der Waals surface area contributed by atoms with Gasteiger partial charge in [-0.2, -0.15) is 5.26 Å². The number of carbonyl (C=O) groups excluding carboxylic acids is 2. The van der Waals surface area contributed by atoms with Crippen molar-refractivity contribution in [1.82, 2.24) is 15.1 Å². The molecule has 0 spiro atoms. The highest BCUT2D eigenvalue weighted by Crippen LogP contribution is 2.33. The summed E-state index contributed by atoms with van der Waals surface area (Å²) in [6.45, 7) is 3.41. The van der Waals surface area contributed by atoms with Crippen molar-refractivity contribution in [3.05, 3.63) is 47.7 Å². The maximum absolute atomic E-state index is 13.8. The van der Waals surface area contributed by atoms with E-state index in [-0.39, 0.29) is 31.5 Å². The fourth-order valence-electron chi connectivity index (χ4n) is 5.19. The van der Waals surface area contributed by atoms with E-state index in [0.717, 1.165) is 5.39 Å². The fraction of sp³-hybridized carbons (Fsp3) is 0.519. The van der Waals surface area contributed by atoms with E-state index < -0.39 is 49.7 Å². The van der Waals surface area contributed by atoms with Crippen molar-refractivity contribution < 1.29 is 42.2 Å². The molecular weight excluding hydrogens is 541 g/mol. The number of furan rings is 1. The molecule has 3 heterocycles. The summed E-state index contributed by atoms with van der Waals surface area (Å²) in [6, 6.07) is 9.10. The predicted molar refractivity (Wildman–Crippen MR) is 143 cm³/mol. The molecule has 11 nitrogen and oxygen atoms in total. The van der Waals surface area contributed by atoms with Crippen LogP contribution in [0.4, 0.5) is 13.6 Å². The zero-order valence-corrected chi connectivity index (χ0v) is 22.9. The van der Waals surface area contributed by atoms with E-state index in [1.807, 2.05) is 18.2 Å². The van der Waals surface area contributed by atoms with Gasteiger partial charge in [-0.3, -0.25) is 15.0 Å². The summed E-state index contributed by atoms with van der Waals surface area (Å²) >= 11 is 0. The minimum Gasteiger partial charge on any atom is -0.464 e. The van der Waals surface area contributed by atoms with Crippen LogP contribution >= 0.6 is 0 Å². The van der Waals surface area contributed by atoms with Crippen molar-refractivity contribution >= 4 is 30.3 Å². The monoisotopic (exact) mass is 574 g/mol. The number of nitrogens with one attached hydrogen (secondary N) is 1. The average Bonchev–Trinajstić information content (AvgIpc) is 3.49. The topological polar surface area (TPSA) is 149 Å². The second-order valence-electron chi connectivity index (χ2n) is 10.8. The number of ether oxygens (including phenoxy) is 1. The van der Waals surface area contributed by atoms with Crippen molar-refractivity contribution in [3.8, 4) is 6.07 Å². The number of carbonyl (C=O) groups is 2. The summed E-state index contributed by atoms with van der Waals surface area (Å²) in [5.74, 6) is -3.39. The third-order valence-corrected chi connectivity index (χ3v) is 7.30. The van der Waals surface area contributed by atoms with Crippen LogP contribution in [0.15, 0.2) is 46.6 Å². The highest BCUT2D eigenvalue weighted by Gasteiger charge is 2.43. The number of piperidine rings is 1. The standard InChI is InChI=1S/C27H33BF2N4O7/c1-26(2,34-11-9-27(29,30)17-34)13-19(14-31)24(35)33-10-5-6-20(15-33)40-25(36)32-23(41-28(37)38)12-18-16-39-22-8-4-3-7-21(18)22/h3-4,7-8,13,16,20,23,37-38H,5-6,9-12,15,17H2,1-2H3,(H,32,36)/t20-,23+/m0/s1. The first kappa shape index (κ1) is 30.5. The SMILES string of the molecule is CC(C)(C=C(C#N)C(=O)N1CCC[C@H](OC(=O)N[C@@H](Cc2coc3ccccc23)OB(O)O)C1)N1CCC(F)(F)C1. The van der Waals surface area contributed by atoms with E-state index in [4.69, 9.17) is 13.8 Å². The molecular formula is C27H33BF2N4O7. The lowest BCUT2D eigenvalue weighted by molar-refractivity contribution is -0.129. The minimum atomic E-state index is -2.81. The van der Waals surface area contributed by atoms with E-state index in [0.29, 0.717) is 30.5 Å². The number of alkyl halides is 2. The lowest BCUT2D eigenvalue weighted by atomic mass is 9.98. The zero-order chi connectivity index (χ0) is 29.8. The van der Waals surface area contributed by atoms with Crippen LogP contribution in [0.3, 0.4) is 0 Å². The van der Waals surface area contributed by atoms with Crippen LogP contribution in [-0.4, -0.2) is 89.1 Å². The molecule has 2 aliphatic heterocycles. The van der Waals surface area contributed by atoms with Crippen LogP contribution in [0.1, 0.15) is 38.7 Å². The molecule has 0 bridgehead atoms. The normalized spacial score (nSPS) is 20.5. The molecule has 2 aromatic rings. The van der Waals surface area contributed by atoms with Gasteiger partial charge in [0.05, 0.1) is 19.4 Å². The molecule has 4 rings (SSSR count). The van der Waals surface area contributed by atoms with Crippen molar-refractivity contribution in [1.29, 1.82) is 5.26 Å². The Morgan fingerprint density at radius 1 is 1.34 bits per heavy atom. The number of likely N-dealkylation sites (tertiary alicyclic amines) is 2. The third kappa shape index (κ3) is 7.83. The molecule has 14 heteroatoms. The van der Waals surface area contributed by atoms with Gasteiger partial charge in [-0.15, -0.1) is 0 Å². The average molecular weight is 574 g/mol. The largest absolute Gasteiger partial charge is 0.635 e. The Hall–Kier alpha value is -3.51. The number of hydrogen-bond acceptors (Lipinski definition) is 9. The molecule has 0 unspecified atom stereocenters. The summed E-state index contributed by atoms with van der Waals surface area (Å²) in [5, 5.41) is 31.6. The van der Waals surface area contributed by atoms with Gasteiger partial charge in [-0.1, -0.05) is 18.2 Å². The maximum Gasteiger partial charge on any atom is 0.635 e. The summed E-state index contributed by atoms with van der Waals surface area (Å²) in [6.07, 6.45) is 0.858. The van der Waals surface area contributed by atoms with Gasteiger partial charge < -0.3 is 28.8 Å². The Balaban J connectivity index is 1.37. The van der Waals surface area contributed by atoms with Gasteiger partial charge in [-0.25, -0.2) is 13.6 Å². The number of halogens is 2. The Morgan fingerprint density at radius 2 is 2.10 bits per heavy atom. The molecule has 1 aromatic carbocycles. The quantitative estimate of drug-likeness (QED) is 0.178. The molecule has 1 aromatic heterocycles. The molecule has 220 valence electrons. The van der Waals surface area contributed by atoms with Gasteiger partial charge in [0.15, 0.2) is 0 Å². The van der Waals surface area contributed by atoms with Crippen LogP contribution in [-0.2, 0) is 20.6 Å². The molecule has 41 heavy (non-hydrogen) atoms. The smallest absolute Gasteiger partial charge is 0.464 e. The van der Waals surface area contributed by atoms with Gasteiger partial charge in [0.2, 0.25) is 0 Å². The van der Waals surface area contributed by atoms with Crippen LogP contribution in [0.5, 0.6) is 0 Å². The molecule has 2 aliphatic rings. The van der Waals surface area contributed by atoms with Crippen molar-refractivity contribution in [2.24, 2.45) is 0 Å². The first-order valence-corrected chi connectivity index (χ1v) is 13.4. The van der Waals surface area contributed by atoms with E-state index in [9.17, 15) is 33.7 Å². The Kier molecular flexibility index (Phi) is 9.33. The van der Waals surface area contributed by atoms with Crippen LogP contribution in [0.2, 0.25) is 0 Å². The summed E-state index contributed by atoms with van der Waals surface area (Å²) in [5.41, 5.74) is 0.164. The Labute approximate surface area is 236 Å². The van der Waals surface area contributed by atoms with Crippen LogP contribution in [0, 0.1) is 11.3 Å². The van der Waals surface area contributed by atoms with Crippen molar-refractivity contribution in [3.63, 3.8) is 0 Å². The number of nitriles is 1.